The van der Waals surface area contributed by atoms with Gasteiger partial charge in [-0.15, -0.1) is 0 Å². The van der Waals surface area contributed by atoms with Crippen LogP contribution in [0.25, 0.3) is 0 Å². The maximum absolute atomic E-state index is 11.7. The van der Waals surface area contributed by atoms with Crippen LogP contribution in [0.1, 0.15) is 19.3 Å². The summed E-state index contributed by atoms with van der Waals surface area (Å²) in [5.74, 6) is -0.720. The Bertz CT molecular complexity index is 471. The molecule has 1 saturated carbocycles. The van der Waals surface area contributed by atoms with Crippen LogP contribution >= 0.6 is 0 Å². The average molecular weight is 264 g/mol. The first kappa shape index (κ1) is 13.2. The largest absolute Gasteiger partial charge is 0.480 e. The molecule has 0 atom stereocenters. The quantitative estimate of drug-likeness (QED) is 0.757. The van der Waals surface area contributed by atoms with E-state index < -0.39 is 12.6 Å². The fourth-order valence-corrected chi connectivity index (χ4v) is 1.73. The van der Waals surface area contributed by atoms with Crippen LogP contribution in [0, 0.1) is 0 Å². The minimum Gasteiger partial charge on any atom is -0.480 e. The molecule has 19 heavy (non-hydrogen) atoms. The molecular weight excluding hydrogens is 248 g/mol. The van der Waals surface area contributed by atoms with Gasteiger partial charge in [-0.05, 0) is 31.4 Å². The number of carboxylic acid groups (broad SMARTS) is 1. The zero-order valence-electron chi connectivity index (χ0n) is 10.4. The number of carbonyl (C=O) groups is 2. The number of hydrogen-bond donors (Lipinski definition) is 3. The summed E-state index contributed by atoms with van der Waals surface area (Å²) in [5.41, 5.74) is 0.459. The second kappa shape index (κ2) is 6.08. The number of anilines is 1. The van der Waals surface area contributed by atoms with Crippen molar-refractivity contribution in [3.63, 3.8) is 0 Å². The molecule has 0 spiro atoms. The smallest absolute Gasteiger partial charge is 0.341 e. The Morgan fingerprint density at radius 1 is 1.32 bits per heavy atom. The fraction of sp³-hybridized carbons (Fsp3) is 0.385. The van der Waals surface area contributed by atoms with E-state index in [1.165, 1.54) is 0 Å². The fourth-order valence-electron chi connectivity index (χ4n) is 1.73. The van der Waals surface area contributed by atoms with Crippen molar-refractivity contribution in [2.24, 2.45) is 0 Å². The van der Waals surface area contributed by atoms with Crippen molar-refractivity contribution in [1.82, 2.24) is 5.32 Å². The molecule has 0 bridgehead atoms. The van der Waals surface area contributed by atoms with E-state index in [9.17, 15) is 9.59 Å². The first-order chi connectivity index (χ1) is 9.15. The SMILES string of the molecule is O=C(O)COc1ccccc1NC(=O)NC1CCC1. The highest BCUT2D eigenvalue weighted by Gasteiger charge is 2.19. The number of carbonyl (C=O) groups excluding carboxylic acids is 1. The Hall–Kier alpha value is -2.24. The highest BCUT2D eigenvalue weighted by Crippen LogP contribution is 2.24. The van der Waals surface area contributed by atoms with Crippen molar-refractivity contribution in [2.45, 2.75) is 25.3 Å². The minimum atomic E-state index is -1.06. The molecule has 2 amide bonds. The van der Waals surface area contributed by atoms with Crippen molar-refractivity contribution >= 4 is 17.7 Å². The lowest BCUT2D eigenvalue weighted by Crippen LogP contribution is -2.41. The van der Waals surface area contributed by atoms with E-state index in [0.29, 0.717) is 11.4 Å². The molecule has 3 N–H and O–H groups in total. The predicted octanol–water partition coefficient (Wildman–Crippen LogP) is 1.82. The number of hydrogen-bond acceptors (Lipinski definition) is 3. The molecule has 6 nitrogen and oxygen atoms in total. The van der Waals surface area contributed by atoms with Crippen LogP contribution in [0.4, 0.5) is 10.5 Å². The van der Waals surface area contributed by atoms with Crippen molar-refractivity contribution in [1.29, 1.82) is 0 Å². The van der Waals surface area contributed by atoms with E-state index in [1.807, 2.05) is 0 Å². The van der Waals surface area contributed by atoms with Crippen molar-refractivity contribution < 1.29 is 19.4 Å². The molecular formula is C13H16N2O4. The third-order valence-corrected chi connectivity index (χ3v) is 2.93. The second-order valence-electron chi connectivity index (χ2n) is 4.40. The maximum atomic E-state index is 11.7. The third kappa shape index (κ3) is 3.87. The number of para-hydroxylation sites is 2. The van der Waals surface area contributed by atoms with Gasteiger partial charge in [0.15, 0.2) is 6.61 Å². The van der Waals surface area contributed by atoms with E-state index in [-0.39, 0.29) is 12.1 Å². The van der Waals surface area contributed by atoms with Gasteiger partial charge >= 0.3 is 12.0 Å². The van der Waals surface area contributed by atoms with Gasteiger partial charge in [-0.25, -0.2) is 9.59 Å². The lowest BCUT2D eigenvalue weighted by Gasteiger charge is -2.26. The molecule has 0 unspecified atom stereocenters. The molecule has 1 aliphatic rings. The molecule has 6 heteroatoms. The number of nitrogens with one attached hydrogen (secondary N) is 2. The lowest BCUT2D eigenvalue weighted by atomic mass is 9.93. The van der Waals surface area contributed by atoms with Gasteiger partial charge in [0.05, 0.1) is 5.69 Å². The Morgan fingerprint density at radius 3 is 2.68 bits per heavy atom. The lowest BCUT2D eigenvalue weighted by molar-refractivity contribution is -0.139. The second-order valence-corrected chi connectivity index (χ2v) is 4.40. The molecule has 0 aromatic heterocycles. The van der Waals surface area contributed by atoms with E-state index in [0.717, 1.165) is 19.3 Å². The molecule has 1 aromatic rings. The van der Waals surface area contributed by atoms with Crippen LogP contribution < -0.4 is 15.4 Å². The summed E-state index contributed by atoms with van der Waals surface area (Å²) in [5, 5.41) is 14.1. The molecule has 0 aliphatic heterocycles. The van der Waals surface area contributed by atoms with Crippen molar-refractivity contribution in [3.05, 3.63) is 24.3 Å². The topological polar surface area (TPSA) is 87.7 Å². The standard InChI is InChI=1S/C13H16N2O4/c16-12(17)8-19-11-7-2-1-6-10(11)15-13(18)14-9-4-3-5-9/h1-2,6-7,9H,3-5,8H2,(H,16,17)(H2,14,15,18). The summed E-state index contributed by atoms with van der Waals surface area (Å²) < 4.78 is 5.10. The van der Waals surface area contributed by atoms with E-state index in [1.54, 1.807) is 24.3 Å². The summed E-state index contributed by atoms with van der Waals surface area (Å²) in [7, 11) is 0. The number of rotatable bonds is 5. The van der Waals surface area contributed by atoms with Gasteiger partial charge in [-0.2, -0.15) is 0 Å². The molecule has 0 radical (unpaired) electrons. The predicted molar refractivity (Wildman–Crippen MR) is 69.4 cm³/mol. The highest BCUT2D eigenvalue weighted by atomic mass is 16.5. The number of amides is 2. The van der Waals surface area contributed by atoms with Crippen LogP contribution in [0.3, 0.4) is 0 Å². The average Bonchev–Trinajstić information content (AvgIpc) is 2.33. The number of carboxylic acids is 1. The van der Waals surface area contributed by atoms with Gasteiger partial charge in [0.2, 0.25) is 0 Å². The van der Waals surface area contributed by atoms with Gasteiger partial charge in [0.25, 0.3) is 0 Å². The molecule has 1 aliphatic carbocycles. The van der Waals surface area contributed by atoms with Crippen molar-refractivity contribution in [3.8, 4) is 5.75 Å². The van der Waals surface area contributed by atoms with Gasteiger partial charge in [-0.1, -0.05) is 12.1 Å². The molecule has 2 rings (SSSR count). The number of ether oxygens (including phenoxy) is 1. The highest BCUT2D eigenvalue weighted by molar-refractivity contribution is 5.91. The Morgan fingerprint density at radius 2 is 2.05 bits per heavy atom. The molecule has 102 valence electrons. The van der Waals surface area contributed by atoms with E-state index >= 15 is 0 Å². The summed E-state index contributed by atoms with van der Waals surface area (Å²) in [6.45, 7) is -0.442. The minimum absolute atomic E-state index is 0.243. The monoisotopic (exact) mass is 264 g/mol. The zero-order chi connectivity index (χ0) is 13.7. The van der Waals surface area contributed by atoms with Crippen LogP contribution in [-0.2, 0) is 4.79 Å². The van der Waals surface area contributed by atoms with Gasteiger partial charge in [0, 0.05) is 6.04 Å². The number of benzene rings is 1. The van der Waals surface area contributed by atoms with Crippen LogP contribution in [-0.4, -0.2) is 29.8 Å². The first-order valence-electron chi connectivity index (χ1n) is 6.16. The van der Waals surface area contributed by atoms with Crippen LogP contribution in [0.15, 0.2) is 24.3 Å². The normalized spacial score (nSPS) is 14.3. The first-order valence-corrected chi connectivity index (χ1v) is 6.16. The zero-order valence-corrected chi connectivity index (χ0v) is 10.4. The molecule has 0 heterocycles. The summed E-state index contributed by atoms with van der Waals surface area (Å²) >= 11 is 0. The Balaban J connectivity index is 1.94. The molecule has 1 fully saturated rings. The number of aliphatic carboxylic acids is 1. The summed E-state index contributed by atoms with van der Waals surface area (Å²) in [6.07, 6.45) is 3.15. The van der Waals surface area contributed by atoms with E-state index in [2.05, 4.69) is 10.6 Å². The van der Waals surface area contributed by atoms with Crippen LogP contribution in [0.2, 0.25) is 0 Å². The molecule has 0 saturated heterocycles. The summed E-state index contributed by atoms with van der Waals surface area (Å²) in [4.78, 5) is 22.2. The Kier molecular flexibility index (Phi) is 4.22. The van der Waals surface area contributed by atoms with Crippen molar-refractivity contribution in [2.75, 3.05) is 11.9 Å². The van der Waals surface area contributed by atoms with Gasteiger partial charge in [0.1, 0.15) is 5.75 Å². The van der Waals surface area contributed by atoms with Gasteiger partial charge in [-0.3, -0.25) is 0 Å². The number of urea groups is 1. The van der Waals surface area contributed by atoms with Gasteiger partial charge < -0.3 is 20.5 Å². The summed E-state index contributed by atoms with van der Waals surface area (Å²) in [6, 6.07) is 6.68. The molecule has 1 aromatic carbocycles. The Labute approximate surface area is 110 Å². The maximum Gasteiger partial charge on any atom is 0.341 e. The van der Waals surface area contributed by atoms with E-state index in [4.69, 9.17) is 9.84 Å². The third-order valence-electron chi connectivity index (χ3n) is 2.93. The van der Waals surface area contributed by atoms with Crippen LogP contribution in [0.5, 0.6) is 5.75 Å².